The highest BCUT2D eigenvalue weighted by molar-refractivity contribution is 8.00. The fraction of sp³-hybridized carbons (Fsp3) is 0.833. The summed E-state index contributed by atoms with van der Waals surface area (Å²) in [5, 5.41) is 3.05. The van der Waals surface area contributed by atoms with Gasteiger partial charge in [-0.2, -0.15) is 0 Å². The smallest absolute Gasteiger partial charge is 0.239 e. The lowest BCUT2D eigenvalue weighted by Crippen LogP contribution is -2.50. The molecule has 0 radical (unpaired) electrons. The Hall–Kier alpha value is -0.750. The highest BCUT2D eigenvalue weighted by Gasteiger charge is 2.25. The number of likely N-dealkylation sites (tertiary alicyclic amines) is 1. The molecule has 2 aliphatic rings. The van der Waals surface area contributed by atoms with E-state index < -0.39 is 0 Å². The number of thioether (sulfide) groups is 1. The fourth-order valence-electron chi connectivity index (χ4n) is 2.45. The lowest BCUT2D eigenvalue weighted by atomic mass is 10.1. The predicted molar refractivity (Wildman–Crippen MR) is 72.3 cm³/mol. The third kappa shape index (κ3) is 3.62. The van der Waals surface area contributed by atoms with Gasteiger partial charge < -0.3 is 15.1 Å². The van der Waals surface area contributed by atoms with Gasteiger partial charge in [-0.3, -0.25) is 9.59 Å². The zero-order chi connectivity index (χ0) is 13.0. The number of likely N-dealkylation sites (N-methyl/N-ethyl adjacent to an activating group) is 1. The van der Waals surface area contributed by atoms with Crippen molar-refractivity contribution in [1.29, 1.82) is 0 Å². The van der Waals surface area contributed by atoms with Crippen LogP contribution < -0.4 is 5.32 Å². The van der Waals surface area contributed by atoms with Crippen molar-refractivity contribution in [3.05, 3.63) is 0 Å². The maximum Gasteiger partial charge on any atom is 0.239 e. The molecule has 0 aromatic heterocycles. The van der Waals surface area contributed by atoms with E-state index in [4.69, 9.17) is 0 Å². The van der Waals surface area contributed by atoms with Gasteiger partial charge in [0.15, 0.2) is 0 Å². The maximum atomic E-state index is 11.9. The van der Waals surface area contributed by atoms with Gasteiger partial charge in [0.1, 0.15) is 6.54 Å². The number of amides is 2. The number of hydrogen-bond acceptors (Lipinski definition) is 4. The molecule has 0 aromatic rings. The van der Waals surface area contributed by atoms with E-state index >= 15 is 0 Å². The Kier molecular flexibility index (Phi) is 4.88. The van der Waals surface area contributed by atoms with E-state index in [9.17, 15) is 9.59 Å². The number of nitrogens with zero attached hydrogens (tertiary/aromatic N) is 2. The summed E-state index contributed by atoms with van der Waals surface area (Å²) in [7, 11) is 0. The van der Waals surface area contributed by atoms with Crippen LogP contribution in [0.15, 0.2) is 0 Å². The molecule has 2 saturated heterocycles. The third-order valence-corrected chi connectivity index (χ3v) is 4.42. The molecule has 18 heavy (non-hydrogen) atoms. The molecule has 1 N–H and O–H groups in total. The van der Waals surface area contributed by atoms with E-state index in [1.54, 1.807) is 16.7 Å². The van der Waals surface area contributed by atoms with Crippen LogP contribution in [0.2, 0.25) is 0 Å². The van der Waals surface area contributed by atoms with Crippen LogP contribution in [-0.2, 0) is 9.59 Å². The molecule has 2 heterocycles. The summed E-state index contributed by atoms with van der Waals surface area (Å²) in [5.41, 5.74) is 0. The van der Waals surface area contributed by atoms with Crippen LogP contribution in [0.5, 0.6) is 0 Å². The summed E-state index contributed by atoms with van der Waals surface area (Å²) in [5.74, 6) is 1.22. The molecular weight excluding hydrogens is 250 g/mol. The number of rotatable bonds is 4. The molecule has 1 unspecified atom stereocenters. The molecule has 1 atom stereocenters. The van der Waals surface area contributed by atoms with Crippen LogP contribution in [0.25, 0.3) is 0 Å². The first-order valence-corrected chi connectivity index (χ1v) is 7.71. The lowest BCUT2D eigenvalue weighted by molar-refractivity contribution is -0.132. The Morgan fingerprint density at radius 3 is 3.06 bits per heavy atom. The van der Waals surface area contributed by atoms with Crippen molar-refractivity contribution < 1.29 is 9.59 Å². The second-order valence-corrected chi connectivity index (χ2v) is 5.82. The number of carbonyl (C=O) groups is 2. The Labute approximate surface area is 112 Å². The first-order chi connectivity index (χ1) is 8.69. The minimum absolute atomic E-state index is 0.0196. The molecule has 2 rings (SSSR count). The third-order valence-electron chi connectivity index (χ3n) is 3.48. The van der Waals surface area contributed by atoms with Crippen LogP contribution in [0.4, 0.5) is 0 Å². The normalized spacial score (nSPS) is 25.5. The minimum atomic E-state index is -0.0196. The van der Waals surface area contributed by atoms with Gasteiger partial charge in [-0.15, -0.1) is 11.8 Å². The zero-order valence-corrected chi connectivity index (χ0v) is 11.7. The Balaban J connectivity index is 1.75. The highest BCUT2D eigenvalue weighted by atomic mass is 32.2. The molecule has 2 fully saturated rings. The van der Waals surface area contributed by atoms with Crippen molar-refractivity contribution in [1.82, 2.24) is 15.1 Å². The van der Waals surface area contributed by atoms with Crippen molar-refractivity contribution in [2.24, 2.45) is 0 Å². The highest BCUT2D eigenvalue weighted by Crippen LogP contribution is 2.14. The van der Waals surface area contributed by atoms with Crippen LogP contribution in [0.1, 0.15) is 19.8 Å². The van der Waals surface area contributed by atoms with Gasteiger partial charge in [-0.1, -0.05) is 6.92 Å². The number of nitrogens with one attached hydrogen (secondary N) is 1. The van der Waals surface area contributed by atoms with E-state index in [2.05, 4.69) is 17.1 Å². The van der Waals surface area contributed by atoms with Crippen molar-refractivity contribution >= 4 is 23.6 Å². The van der Waals surface area contributed by atoms with E-state index in [0.717, 1.165) is 32.5 Å². The van der Waals surface area contributed by atoms with Gasteiger partial charge in [0, 0.05) is 12.6 Å². The van der Waals surface area contributed by atoms with Gasteiger partial charge in [-0.05, 0) is 25.9 Å². The summed E-state index contributed by atoms with van der Waals surface area (Å²) in [4.78, 5) is 27.3. The topological polar surface area (TPSA) is 52.7 Å². The molecule has 2 aliphatic heterocycles. The first kappa shape index (κ1) is 13.7. The van der Waals surface area contributed by atoms with Gasteiger partial charge in [0.25, 0.3) is 0 Å². The van der Waals surface area contributed by atoms with Gasteiger partial charge in [0.2, 0.25) is 11.8 Å². The summed E-state index contributed by atoms with van der Waals surface area (Å²) >= 11 is 1.57. The van der Waals surface area contributed by atoms with E-state index in [0.29, 0.717) is 11.6 Å². The van der Waals surface area contributed by atoms with Gasteiger partial charge in [0.05, 0.1) is 11.6 Å². The Morgan fingerprint density at radius 1 is 1.56 bits per heavy atom. The predicted octanol–water partition coefficient (Wildman–Crippen LogP) is 0.120. The quantitative estimate of drug-likeness (QED) is 0.789. The average Bonchev–Trinajstić information content (AvgIpc) is 2.75. The van der Waals surface area contributed by atoms with E-state index in [1.807, 2.05) is 0 Å². The SMILES string of the molecule is CCN1CCCC(NC(=O)CN2CSCC2=O)C1. The van der Waals surface area contributed by atoms with E-state index in [-0.39, 0.29) is 24.4 Å². The molecule has 5 nitrogen and oxygen atoms in total. The number of carbonyl (C=O) groups excluding carboxylic acids is 2. The van der Waals surface area contributed by atoms with Crippen molar-refractivity contribution in [2.45, 2.75) is 25.8 Å². The standard InChI is InChI=1S/C12H21N3O2S/c1-2-14-5-3-4-10(6-14)13-11(16)7-15-9-18-8-12(15)17/h10H,2-9H2,1H3,(H,13,16). The maximum absolute atomic E-state index is 11.9. The second-order valence-electron chi connectivity index (χ2n) is 4.87. The van der Waals surface area contributed by atoms with Crippen molar-refractivity contribution in [3.63, 3.8) is 0 Å². The molecule has 0 saturated carbocycles. The molecular formula is C12H21N3O2S. The number of piperidine rings is 1. The fourth-order valence-corrected chi connectivity index (χ4v) is 3.35. The summed E-state index contributed by atoms with van der Waals surface area (Å²) in [6, 6.07) is 0.247. The molecule has 102 valence electrons. The second kappa shape index (κ2) is 6.43. The summed E-state index contributed by atoms with van der Waals surface area (Å²) in [6.07, 6.45) is 2.18. The van der Waals surface area contributed by atoms with Crippen LogP contribution in [0.3, 0.4) is 0 Å². The first-order valence-electron chi connectivity index (χ1n) is 6.56. The zero-order valence-electron chi connectivity index (χ0n) is 10.9. The largest absolute Gasteiger partial charge is 0.351 e. The average molecular weight is 271 g/mol. The lowest BCUT2D eigenvalue weighted by Gasteiger charge is -2.32. The monoisotopic (exact) mass is 271 g/mol. The summed E-state index contributed by atoms with van der Waals surface area (Å²) in [6.45, 7) is 5.46. The van der Waals surface area contributed by atoms with Crippen LogP contribution >= 0.6 is 11.8 Å². The number of hydrogen-bond donors (Lipinski definition) is 1. The molecule has 0 bridgehead atoms. The van der Waals surface area contributed by atoms with Crippen LogP contribution in [0, 0.1) is 0 Å². The van der Waals surface area contributed by atoms with E-state index in [1.165, 1.54) is 0 Å². The minimum Gasteiger partial charge on any atom is -0.351 e. The van der Waals surface area contributed by atoms with Crippen LogP contribution in [-0.4, -0.2) is 65.5 Å². The Morgan fingerprint density at radius 2 is 2.39 bits per heavy atom. The molecule has 0 aliphatic carbocycles. The van der Waals surface area contributed by atoms with Crippen molar-refractivity contribution in [3.8, 4) is 0 Å². The summed E-state index contributed by atoms with van der Waals surface area (Å²) < 4.78 is 0. The van der Waals surface area contributed by atoms with Crippen molar-refractivity contribution in [2.75, 3.05) is 37.8 Å². The van der Waals surface area contributed by atoms with Gasteiger partial charge >= 0.3 is 0 Å². The molecule has 0 spiro atoms. The molecule has 0 aromatic carbocycles. The van der Waals surface area contributed by atoms with Gasteiger partial charge in [-0.25, -0.2) is 0 Å². The molecule has 2 amide bonds. The Bertz CT molecular complexity index is 324. The molecule has 6 heteroatoms.